The van der Waals surface area contributed by atoms with E-state index in [0.29, 0.717) is 23.3 Å². The van der Waals surface area contributed by atoms with Crippen LogP contribution in [0.15, 0.2) is 82.6 Å². The van der Waals surface area contributed by atoms with Crippen LogP contribution in [0.3, 0.4) is 0 Å². The van der Waals surface area contributed by atoms with E-state index in [1.807, 2.05) is 59.2 Å². The van der Waals surface area contributed by atoms with Gasteiger partial charge in [-0.05, 0) is 55.8 Å². The first-order chi connectivity index (χ1) is 16.2. The van der Waals surface area contributed by atoms with Gasteiger partial charge in [-0.3, -0.25) is 9.36 Å². The number of rotatable bonds is 10. The number of carbonyl (C=O) groups excluding carboxylic acids is 1. The van der Waals surface area contributed by atoms with E-state index in [-0.39, 0.29) is 11.7 Å². The number of benzene rings is 2. The van der Waals surface area contributed by atoms with E-state index < -0.39 is 0 Å². The average Bonchev–Trinajstić information content (AvgIpc) is 3.50. The highest BCUT2D eigenvalue weighted by Gasteiger charge is 2.18. The highest BCUT2D eigenvalue weighted by atomic mass is 32.2. The fourth-order valence-corrected chi connectivity index (χ4v) is 4.30. The van der Waals surface area contributed by atoms with Crippen LogP contribution in [-0.2, 0) is 11.3 Å². The zero-order valence-corrected chi connectivity index (χ0v) is 19.6. The zero-order chi connectivity index (χ0) is 23.0. The van der Waals surface area contributed by atoms with Gasteiger partial charge in [0.25, 0.3) is 0 Å². The van der Waals surface area contributed by atoms with E-state index in [4.69, 9.17) is 4.42 Å². The first kappa shape index (κ1) is 22.7. The van der Waals surface area contributed by atoms with E-state index >= 15 is 0 Å². The smallest absolute Gasteiger partial charge is 0.234 e. The summed E-state index contributed by atoms with van der Waals surface area (Å²) in [6.45, 7) is 6.74. The van der Waals surface area contributed by atoms with Crippen LogP contribution in [0.1, 0.15) is 19.4 Å². The molecule has 0 saturated carbocycles. The van der Waals surface area contributed by atoms with E-state index in [1.165, 1.54) is 11.8 Å². The van der Waals surface area contributed by atoms with Gasteiger partial charge in [0.1, 0.15) is 0 Å². The lowest BCUT2D eigenvalue weighted by Gasteiger charge is -2.21. The van der Waals surface area contributed by atoms with Crippen LogP contribution in [0.25, 0.3) is 11.6 Å². The molecule has 7 nitrogen and oxygen atoms in total. The Morgan fingerprint density at radius 3 is 2.42 bits per heavy atom. The van der Waals surface area contributed by atoms with Crippen LogP contribution in [-0.4, -0.2) is 39.5 Å². The van der Waals surface area contributed by atoms with Crippen molar-refractivity contribution in [2.75, 3.05) is 29.1 Å². The summed E-state index contributed by atoms with van der Waals surface area (Å²) >= 11 is 1.35. The molecule has 4 rings (SSSR count). The molecule has 1 amide bonds. The molecule has 2 heterocycles. The fourth-order valence-electron chi connectivity index (χ4n) is 3.56. The number of nitrogens with zero attached hydrogens (tertiary/aromatic N) is 4. The number of amides is 1. The molecule has 0 unspecified atom stereocenters. The van der Waals surface area contributed by atoms with Gasteiger partial charge < -0.3 is 14.6 Å². The number of furan rings is 1. The van der Waals surface area contributed by atoms with Crippen molar-refractivity contribution >= 4 is 29.0 Å². The zero-order valence-electron chi connectivity index (χ0n) is 18.8. The quantitative estimate of drug-likeness (QED) is 0.329. The highest BCUT2D eigenvalue weighted by Crippen LogP contribution is 2.26. The molecule has 0 radical (unpaired) electrons. The Morgan fingerprint density at radius 2 is 1.76 bits per heavy atom. The normalized spacial score (nSPS) is 10.8. The summed E-state index contributed by atoms with van der Waals surface area (Å²) in [6.07, 6.45) is 1.61. The van der Waals surface area contributed by atoms with Gasteiger partial charge in [0, 0.05) is 24.5 Å². The van der Waals surface area contributed by atoms with E-state index in [0.717, 1.165) is 30.0 Å². The van der Waals surface area contributed by atoms with E-state index in [1.54, 1.807) is 6.26 Å². The lowest BCUT2D eigenvalue weighted by Crippen LogP contribution is -2.21. The second-order valence-corrected chi connectivity index (χ2v) is 8.35. The number of anilines is 2. The number of carbonyl (C=O) groups is 1. The van der Waals surface area contributed by atoms with Crippen molar-refractivity contribution < 1.29 is 9.21 Å². The molecule has 0 spiro atoms. The number of hydrogen-bond acceptors (Lipinski definition) is 6. The average molecular weight is 462 g/mol. The predicted octanol–water partition coefficient (Wildman–Crippen LogP) is 5.16. The maximum atomic E-state index is 12.6. The van der Waals surface area contributed by atoms with Crippen molar-refractivity contribution in [3.05, 3.63) is 78.6 Å². The molecule has 8 heteroatoms. The summed E-state index contributed by atoms with van der Waals surface area (Å²) in [5.41, 5.74) is 3.04. The number of thioether (sulfide) groups is 1. The van der Waals surface area contributed by atoms with Crippen LogP contribution in [0, 0.1) is 0 Å². The van der Waals surface area contributed by atoms with Gasteiger partial charge in [-0.2, -0.15) is 0 Å². The van der Waals surface area contributed by atoms with Crippen molar-refractivity contribution in [3.8, 4) is 11.6 Å². The SMILES string of the molecule is CCN(CC)c1ccc(NC(=O)CSc2nnc(-c3ccco3)n2Cc2ccccc2)cc1. The minimum absolute atomic E-state index is 0.0931. The van der Waals surface area contributed by atoms with Gasteiger partial charge in [0.05, 0.1) is 18.6 Å². The van der Waals surface area contributed by atoms with E-state index in [9.17, 15) is 4.79 Å². The summed E-state index contributed by atoms with van der Waals surface area (Å²) in [6, 6.07) is 21.7. The third kappa shape index (κ3) is 5.64. The Hall–Kier alpha value is -3.52. The first-order valence-corrected chi connectivity index (χ1v) is 11.9. The van der Waals surface area contributed by atoms with Gasteiger partial charge in [-0.1, -0.05) is 42.1 Å². The van der Waals surface area contributed by atoms with Crippen molar-refractivity contribution in [1.29, 1.82) is 0 Å². The lowest BCUT2D eigenvalue weighted by molar-refractivity contribution is -0.113. The summed E-state index contributed by atoms with van der Waals surface area (Å²) < 4.78 is 7.52. The molecular weight excluding hydrogens is 434 g/mol. The maximum absolute atomic E-state index is 12.6. The molecule has 2 aromatic carbocycles. The Kier molecular flexibility index (Phi) is 7.47. The molecule has 0 aliphatic heterocycles. The van der Waals surface area contributed by atoms with Crippen LogP contribution in [0.4, 0.5) is 11.4 Å². The summed E-state index contributed by atoms with van der Waals surface area (Å²) in [5.74, 6) is 1.41. The molecule has 0 aliphatic carbocycles. The molecule has 0 aliphatic rings. The van der Waals surface area contributed by atoms with Crippen molar-refractivity contribution in [2.24, 2.45) is 0 Å². The number of hydrogen-bond donors (Lipinski definition) is 1. The van der Waals surface area contributed by atoms with Crippen molar-refractivity contribution in [2.45, 2.75) is 25.5 Å². The predicted molar refractivity (Wildman–Crippen MR) is 133 cm³/mol. The monoisotopic (exact) mass is 461 g/mol. The molecule has 0 saturated heterocycles. The largest absolute Gasteiger partial charge is 0.461 e. The van der Waals surface area contributed by atoms with Gasteiger partial charge in [0.15, 0.2) is 10.9 Å². The summed E-state index contributed by atoms with van der Waals surface area (Å²) in [5, 5.41) is 12.3. The Labute approximate surface area is 197 Å². The van der Waals surface area contributed by atoms with Gasteiger partial charge in [-0.15, -0.1) is 10.2 Å². The Bertz CT molecular complexity index is 1150. The Morgan fingerprint density at radius 1 is 1.00 bits per heavy atom. The fraction of sp³-hybridized carbons (Fsp3) is 0.240. The molecule has 2 aromatic heterocycles. The van der Waals surface area contributed by atoms with Gasteiger partial charge >= 0.3 is 0 Å². The van der Waals surface area contributed by atoms with Crippen molar-refractivity contribution in [1.82, 2.24) is 14.8 Å². The standard InChI is InChI=1S/C25H27N5O2S/c1-3-29(4-2)21-14-12-20(13-15-21)26-23(31)18-33-25-28-27-24(22-11-8-16-32-22)30(25)17-19-9-6-5-7-10-19/h5-16H,3-4,17-18H2,1-2H3,(H,26,31). The van der Waals surface area contributed by atoms with Crippen LogP contribution >= 0.6 is 11.8 Å². The van der Waals surface area contributed by atoms with Gasteiger partial charge in [-0.25, -0.2) is 0 Å². The second kappa shape index (κ2) is 10.9. The first-order valence-electron chi connectivity index (χ1n) is 11.0. The second-order valence-electron chi connectivity index (χ2n) is 7.41. The van der Waals surface area contributed by atoms with Crippen LogP contribution < -0.4 is 10.2 Å². The topological polar surface area (TPSA) is 76.2 Å². The van der Waals surface area contributed by atoms with Crippen LogP contribution in [0.5, 0.6) is 0 Å². The molecule has 1 N–H and O–H groups in total. The van der Waals surface area contributed by atoms with Crippen molar-refractivity contribution in [3.63, 3.8) is 0 Å². The molecule has 4 aromatic rings. The molecule has 0 atom stereocenters. The Balaban J connectivity index is 1.44. The highest BCUT2D eigenvalue weighted by molar-refractivity contribution is 7.99. The number of aromatic nitrogens is 3. The van der Waals surface area contributed by atoms with Crippen LogP contribution in [0.2, 0.25) is 0 Å². The minimum atomic E-state index is -0.0931. The molecule has 33 heavy (non-hydrogen) atoms. The van der Waals surface area contributed by atoms with E-state index in [2.05, 4.69) is 46.4 Å². The summed E-state index contributed by atoms with van der Waals surface area (Å²) in [4.78, 5) is 14.9. The maximum Gasteiger partial charge on any atom is 0.234 e. The molecular formula is C25H27N5O2S. The third-order valence-electron chi connectivity index (χ3n) is 5.25. The minimum Gasteiger partial charge on any atom is -0.461 e. The molecule has 0 bridgehead atoms. The number of nitrogens with one attached hydrogen (secondary N) is 1. The molecule has 170 valence electrons. The lowest BCUT2D eigenvalue weighted by atomic mass is 10.2. The summed E-state index contributed by atoms with van der Waals surface area (Å²) in [7, 11) is 0. The third-order valence-corrected chi connectivity index (χ3v) is 6.22. The van der Waals surface area contributed by atoms with Gasteiger partial charge in [0.2, 0.25) is 11.7 Å². The molecule has 0 fully saturated rings.